The maximum atomic E-state index is 13.1. The summed E-state index contributed by atoms with van der Waals surface area (Å²) in [6.07, 6.45) is 5.33. The molecule has 9 heteroatoms. The predicted octanol–water partition coefficient (Wildman–Crippen LogP) is 6.70. The molecule has 1 aromatic heterocycles. The second-order valence-corrected chi connectivity index (χ2v) is 8.98. The molecule has 1 aliphatic carbocycles. The fourth-order valence-corrected chi connectivity index (χ4v) is 4.50. The van der Waals surface area contributed by atoms with Gasteiger partial charge in [-0.3, -0.25) is 9.78 Å². The molecule has 0 radical (unpaired) electrons. The molecule has 1 aliphatic heterocycles. The van der Waals surface area contributed by atoms with Crippen LogP contribution in [0.15, 0.2) is 48.2 Å². The number of halogens is 3. The van der Waals surface area contributed by atoms with Crippen molar-refractivity contribution in [3.05, 3.63) is 59.4 Å². The molecule has 2 heterocycles. The fraction of sp³-hybridized carbons (Fsp3) is 0.448. The van der Waals surface area contributed by atoms with E-state index < -0.39 is 11.7 Å². The first-order chi connectivity index (χ1) is 18.3. The van der Waals surface area contributed by atoms with Gasteiger partial charge in [-0.15, -0.1) is 0 Å². The smallest absolute Gasteiger partial charge is 0.355 e. The normalized spacial score (nSPS) is 16.3. The highest BCUT2D eigenvalue weighted by atomic mass is 19.4. The molecular formula is C29H34F3N5O. The molecule has 4 rings (SSSR count). The van der Waals surface area contributed by atoms with Gasteiger partial charge in [0.15, 0.2) is 0 Å². The van der Waals surface area contributed by atoms with E-state index >= 15 is 0 Å². The number of hydrogen-bond donors (Lipinski definition) is 1. The van der Waals surface area contributed by atoms with Crippen LogP contribution in [-0.2, 0) is 11.0 Å². The molecule has 2 aliphatic rings. The Morgan fingerprint density at radius 2 is 1.84 bits per heavy atom. The molecule has 0 atom stereocenters. The minimum Gasteiger partial charge on any atom is -0.355 e. The summed E-state index contributed by atoms with van der Waals surface area (Å²) in [7, 11) is 0. The number of benzene rings is 1. The number of piperidine rings is 1. The van der Waals surface area contributed by atoms with Gasteiger partial charge in [0, 0.05) is 42.3 Å². The molecule has 1 N–H and O–H groups in total. The number of allylic oxidation sites excluding steroid dienone is 4. The number of nitriles is 1. The first-order valence-corrected chi connectivity index (χ1v) is 13.2. The van der Waals surface area contributed by atoms with Crippen LogP contribution in [0.3, 0.4) is 0 Å². The zero-order valence-corrected chi connectivity index (χ0v) is 22.1. The van der Waals surface area contributed by atoms with Crippen molar-refractivity contribution in [2.24, 2.45) is 0 Å². The largest absolute Gasteiger partial charge is 0.416 e. The van der Waals surface area contributed by atoms with Crippen LogP contribution in [-0.4, -0.2) is 35.0 Å². The number of rotatable bonds is 5. The molecule has 0 bridgehead atoms. The van der Waals surface area contributed by atoms with Gasteiger partial charge in [-0.1, -0.05) is 45.1 Å². The Kier molecular flexibility index (Phi) is 10.1. The first kappa shape index (κ1) is 28.9. The molecule has 1 amide bonds. The van der Waals surface area contributed by atoms with Gasteiger partial charge in [-0.05, 0) is 44.2 Å². The van der Waals surface area contributed by atoms with Gasteiger partial charge < -0.3 is 10.2 Å². The summed E-state index contributed by atoms with van der Waals surface area (Å²) in [5, 5.41) is 12.9. The molecule has 0 unspecified atom stereocenters. The summed E-state index contributed by atoms with van der Waals surface area (Å²) in [6, 6.07) is 7.26. The number of amides is 1. The van der Waals surface area contributed by atoms with Crippen LogP contribution in [0.25, 0.3) is 16.8 Å². The third-order valence-electron chi connectivity index (χ3n) is 6.55. The highest BCUT2D eigenvalue weighted by molar-refractivity contribution is 5.85. The maximum Gasteiger partial charge on any atom is 0.416 e. The minimum absolute atomic E-state index is 0.0348. The van der Waals surface area contributed by atoms with E-state index in [0.29, 0.717) is 59.8 Å². The lowest BCUT2D eigenvalue weighted by Gasteiger charge is -2.33. The summed E-state index contributed by atoms with van der Waals surface area (Å²) in [5.41, 5.74) is 1.94. The second kappa shape index (κ2) is 13.2. The molecule has 0 saturated carbocycles. The molecular weight excluding hydrogens is 491 g/mol. The van der Waals surface area contributed by atoms with Crippen molar-refractivity contribution >= 4 is 17.3 Å². The number of nitrogens with zero attached hydrogens (tertiary/aromatic N) is 4. The lowest BCUT2D eigenvalue weighted by Crippen LogP contribution is -2.44. The monoisotopic (exact) mass is 525 g/mol. The number of nitrogens with one attached hydrogen (secondary N) is 1. The van der Waals surface area contributed by atoms with Crippen molar-refractivity contribution in [2.45, 2.75) is 71.5 Å². The van der Waals surface area contributed by atoms with E-state index in [0.717, 1.165) is 37.8 Å². The van der Waals surface area contributed by atoms with E-state index in [1.807, 2.05) is 32.9 Å². The van der Waals surface area contributed by atoms with Crippen molar-refractivity contribution in [1.29, 1.82) is 5.26 Å². The van der Waals surface area contributed by atoms with Crippen LogP contribution < -0.4 is 10.2 Å². The van der Waals surface area contributed by atoms with Crippen LogP contribution >= 0.6 is 0 Å². The molecule has 0 spiro atoms. The summed E-state index contributed by atoms with van der Waals surface area (Å²) < 4.78 is 39.3. The molecule has 1 aromatic carbocycles. The van der Waals surface area contributed by atoms with Gasteiger partial charge in [-0.25, -0.2) is 4.98 Å². The number of hydrogen-bond acceptors (Lipinski definition) is 5. The third-order valence-corrected chi connectivity index (χ3v) is 6.55. The fourth-order valence-electron chi connectivity index (χ4n) is 4.50. The van der Waals surface area contributed by atoms with E-state index in [1.165, 1.54) is 12.1 Å². The Morgan fingerprint density at radius 1 is 1.16 bits per heavy atom. The Hall–Kier alpha value is -3.67. The van der Waals surface area contributed by atoms with Crippen LogP contribution in [0.2, 0.25) is 0 Å². The zero-order chi connectivity index (χ0) is 27.7. The number of carbonyl (C=O) groups excluding carboxylic acids is 1. The van der Waals surface area contributed by atoms with Gasteiger partial charge in [0.1, 0.15) is 5.82 Å². The van der Waals surface area contributed by atoms with Gasteiger partial charge in [-0.2, -0.15) is 18.4 Å². The standard InChI is InChI=1S/C27H28F3N5O.C2H6/c1-2-24(36)33-21-12-14-35(15-13-21)23-17-32-25(18-8-10-20(11-9-18)27(28,29)30)26(34-23)22-7-5-3-4-6-19(22)16-31;1-2/h5,7-11,17,21H,2-4,6,12-15H2,1H3,(H,33,36);1-2H3. The van der Waals surface area contributed by atoms with Crippen LogP contribution in [0.4, 0.5) is 19.0 Å². The number of anilines is 1. The predicted molar refractivity (Wildman–Crippen MR) is 143 cm³/mol. The number of carbonyl (C=O) groups is 1. The number of aromatic nitrogens is 2. The molecule has 6 nitrogen and oxygen atoms in total. The first-order valence-electron chi connectivity index (χ1n) is 13.2. The minimum atomic E-state index is -4.43. The van der Waals surface area contributed by atoms with Crippen molar-refractivity contribution in [3.63, 3.8) is 0 Å². The van der Waals surface area contributed by atoms with Crippen molar-refractivity contribution < 1.29 is 18.0 Å². The van der Waals surface area contributed by atoms with Crippen LogP contribution in [0.5, 0.6) is 0 Å². The molecule has 2 aromatic rings. The Bertz CT molecular complexity index is 1200. The van der Waals surface area contributed by atoms with E-state index in [2.05, 4.69) is 21.3 Å². The van der Waals surface area contributed by atoms with Crippen LogP contribution in [0.1, 0.15) is 70.6 Å². The average molecular weight is 526 g/mol. The van der Waals surface area contributed by atoms with E-state index in [4.69, 9.17) is 4.98 Å². The molecule has 1 fully saturated rings. The SMILES string of the molecule is CC.CCC(=O)NC1CCN(c2cnc(-c3ccc(C(F)(F)F)cc3)c(C3=C(C#N)CCCC=C3)n2)CC1. The van der Waals surface area contributed by atoms with Crippen LogP contribution in [0, 0.1) is 11.3 Å². The highest BCUT2D eigenvalue weighted by Crippen LogP contribution is 2.35. The topological polar surface area (TPSA) is 81.9 Å². The van der Waals surface area contributed by atoms with E-state index in [9.17, 15) is 23.2 Å². The maximum absolute atomic E-state index is 13.1. The zero-order valence-electron chi connectivity index (χ0n) is 22.1. The quantitative estimate of drug-likeness (QED) is 0.470. The number of alkyl halides is 3. The third kappa shape index (κ3) is 7.00. The summed E-state index contributed by atoms with van der Waals surface area (Å²) in [5.74, 6) is 0.677. The molecule has 1 saturated heterocycles. The van der Waals surface area contributed by atoms with Gasteiger partial charge in [0.2, 0.25) is 5.91 Å². The average Bonchev–Trinajstić information content (AvgIpc) is 3.19. The van der Waals surface area contributed by atoms with E-state index in [1.54, 1.807) is 6.20 Å². The van der Waals surface area contributed by atoms with Gasteiger partial charge in [0.25, 0.3) is 0 Å². The molecule has 38 heavy (non-hydrogen) atoms. The van der Waals surface area contributed by atoms with Gasteiger partial charge >= 0.3 is 6.18 Å². The Labute approximate surface area is 222 Å². The Balaban J connectivity index is 0.00000195. The van der Waals surface area contributed by atoms with Crippen molar-refractivity contribution in [3.8, 4) is 17.3 Å². The van der Waals surface area contributed by atoms with Crippen molar-refractivity contribution in [1.82, 2.24) is 15.3 Å². The van der Waals surface area contributed by atoms with Gasteiger partial charge in [0.05, 0.1) is 29.2 Å². The Morgan fingerprint density at radius 3 is 2.45 bits per heavy atom. The summed E-state index contributed by atoms with van der Waals surface area (Å²) in [6.45, 7) is 7.19. The van der Waals surface area contributed by atoms with Crippen molar-refractivity contribution in [2.75, 3.05) is 18.0 Å². The molecule has 202 valence electrons. The van der Waals surface area contributed by atoms with E-state index in [-0.39, 0.29) is 11.9 Å². The summed E-state index contributed by atoms with van der Waals surface area (Å²) >= 11 is 0. The second-order valence-electron chi connectivity index (χ2n) is 8.98. The highest BCUT2D eigenvalue weighted by Gasteiger charge is 2.30. The lowest BCUT2D eigenvalue weighted by molar-refractivity contribution is -0.137. The summed E-state index contributed by atoms with van der Waals surface area (Å²) in [4.78, 5) is 23.4. The lowest BCUT2D eigenvalue weighted by atomic mass is 9.98.